The number of rotatable bonds is 3. The van der Waals surface area contributed by atoms with Gasteiger partial charge in [-0.15, -0.1) is 0 Å². The summed E-state index contributed by atoms with van der Waals surface area (Å²) in [7, 11) is 1.54. The van der Waals surface area contributed by atoms with Crippen LogP contribution in [-0.4, -0.2) is 7.11 Å². The molecule has 88 valence electrons. The summed E-state index contributed by atoms with van der Waals surface area (Å²) >= 11 is 0. The van der Waals surface area contributed by atoms with Crippen molar-refractivity contribution in [3.05, 3.63) is 48.3 Å². The molecule has 0 saturated heterocycles. The fourth-order valence-electron chi connectivity index (χ4n) is 1.54. The topological polar surface area (TPSA) is 47.3 Å². The second-order valence-corrected chi connectivity index (χ2v) is 3.53. The molecule has 0 radical (unpaired) electrons. The van der Waals surface area contributed by atoms with E-state index < -0.39 is 0 Å². The minimum absolute atomic E-state index is 0.324. The van der Waals surface area contributed by atoms with Crippen LogP contribution < -0.4 is 15.8 Å². The van der Waals surface area contributed by atoms with Crippen molar-refractivity contribution < 1.29 is 9.13 Å². The largest absolute Gasteiger partial charge is 0.495 e. The molecular weight excluding hydrogens is 219 g/mol. The third kappa shape index (κ3) is 2.30. The van der Waals surface area contributed by atoms with E-state index in [9.17, 15) is 4.39 Å². The van der Waals surface area contributed by atoms with Crippen LogP contribution >= 0.6 is 0 Å². The number of hydrogen-bond acceptors (Lipinski definition) is 3. The smallest absolute Gasteiger partial charge is 0.146 e. The van der Waals surface area contributed by atoms with Gasteiger partial charge in [0.05, 0.1) is 24.2 Å². The highest BCUT2D eigenvalue weighted by Gasteiger charge is 2.07. The molecule has 17 heavy (non-hydrogen) atoms. The van der Waals surface area contributed by atoms with Crippen LogP contribution in [0.25, 0.3) is 0 Å². The highest BCUT2D eigenvalue weighted by Crippen LogP contribution is 2.31. The molecule has 4 heteroatoms. The normalized spacial score (nSPS) is 10.0. The Hall–Kier alpha value is -2.23. The maximum atomic E-state index is 13.5. The second-order valence-electron chi connectivity index (χ2n) is 3.53. The quantitative estimate of drug-likeness (QED) is 0.799. The van der Waals surface area contributed by atoms with Crippen LogP contribution in [0.1, 0.15) is 0 Å². The van der Waals surface area contributed by atoms with Crippen LogP contribution in [0.4, 0.5) is 21.5 Å². The lowest BCUT2D eigenvalue weighted by Gasteiger charge is -2.12. The third-order valence-electron chi connectivity index (χ3n) is 2.43. The number of nitrogen functional groups attached to an aromatic ring is 1. The Kier molecular flexibility index (Phi) is 3.14. The van der Waals surface area contributed by atoms with Crippen LogP contribution in [0.3, 0.4) is 0 Å². The van der Waals surface area contributed by atoms with Crippen LogP contribution in [0, 0.1) is 5.82 Å². The van der Waals surface area contributed by atoms with Crippen LogP contribution in [0.5, 0.6) is 5.75 Å². The lowest BCUT2D eigenvalue weighted by molar-refractivity contribution is 0.417. The lowest BCUT2D eigenvalue weighted by atomic mass is 10.2. The van der Waals surface area contributed by atoms with E-state index >= 15 is 0 Å². The average molecular weight is 232 g/mol. The Balaban J connectivity index is 2.34. The van der Waals surface area contributed by atoms with E-state index in [4.69, 9.17) is 10.5 Å². The molecule has 3 nitrogen and oxygen atoms in total. The zero-order chi connectivity index (χ0) is 12.3. The van der Waals surface area contributed by atoms with Crippen molar-refractivity contribution in [1.29, 1.82) is 0 Å². The van der Waals surface area contributed by atoms with Gasteiger partial charge in [-0.1, -0.05) is 18.2 Å². The van der Waals surface area contributed by atoms with Gasteiger partial charge in [-0.2, -0.15) is 0 Å². The number of methoxy groups -OCH3 is 1. The second kappa shape index (κ2) is 4.74. The number of nitrogens with two attached hydrogens (primary N) is 1. The molecule has 0 amide bonds. The first kappa shape index (κ1) is 11.3. The maximum Gasteiger partial charge on any atom is 0.146 e. The molecule has 3 N–H and O–H groups in total. The SMILES string of the molecule is COc1cccc(Nc2ccccc2F)c1N. The number of halogens is 1. The fourth-order valence-corrected chi connectivity index (χ4v) is 1.54. The van der Waals surface area contributed by atoms with Gasteiger partial charge < -0.3 is 15.8 Å². The summed E-state index contributed by atoms with van der Waals surface area (Å²) < 4.78 is 18.5. The van der Waals surface area contributed by atoms with E-state index in [1.807, 2.05) is 0 Å². The van der Waals surface area contributed by atoms with E-state index in [1.165, 1.54) is 6.07 Å². The number of anilines is 3. The number of hydrogen-bond donors (Lipinski definition) is 2. The van der Waals surface area contributed by atoms with Gasteiger partial charge in [-0.3, -0.25) is 0 Å². The molecule has 0 bridgehead atoms. The monoisotopic (exact) mass is 232 g/mol. The molecule has 0 aliphatic rings. The van der Waals surface area contributed by atoms with Crippen LogP contribution in [-0.2, 0) is 0 Å². The Morgan fingerprint density at radius 3 is 2.47 bits per heavy atom. The maximum absolute atomic E-state index is 13.5. The highest BCUT2D eigenvalue weighted by molar-refractivity contribution is 5.77. The molecule has 0 unspecified atom stereocenters. The summed E-state index contributed by atoms with van der Waals surface area (Å²) in [6, 6.07) is 11.7. The molecule has 0 fully saturated rings. The molecular formula is C13H13FN2O. The van der Waals surface area contributed by atoms with Crippen molar-refractivity contribution in [2.75, 3.05) is 18.2 Å². The predicted molar refractivity (Wildman–Crippen MR) is 67.1 cm³/mol. The Labute approximate surface area is 99.0 Å². The minimum atomic E-state index is -0.324. The van der Waals surface area contributed by atoms with Gasteiger partial charge in [-0.25, -0.2) is 4.39 Å². The van der Waals surface area contributed by atoms with Crippen molar-refractivity contribution in [3.8, 4) is 5.75 Å². The third-order valence-corrected chi connectivity index (χ3v) is 2.43. The van der Waals surface area contributed by atoms with Crippen LogP contribution in [0.15, 0.2) is 42.5 Å². The number of benzene rings is 2. The Bertz CT molecular complexity index is 529. The summed E-state index contributed by atoms with van der Waals surface area (Å²) in [6.45, 7) is 0. The molecule has 0 aliphatic heterocycles. The van der Waals surface area contributed by atoms with Crippen molar-refractivity contribution in [2.45, 2.75) is 0 Å². The van der Waals surface area contributed by atoms with Gasteiger partial charge in [0, 0.05) is 0 Å². The number of ether oxygens (including phenoxy) is 1. The minimum Gasteiger partial charge on any atom is -0.495 e. The Morgan fingerprint density at radius 1 is 1.06 bits per heavy atom. The molecule has 2 aromatic rings. The summed E-state index contributed by atoms with van der Waals surface area (Å²) in [6.07, 6.45) is 0. The molecule has 0 spiro atoms. The van der Waals surface area contributed by atoms with Gasteiger partial charge in [0.15, 0.2) is 0 Å². The van der Waals surface area contributed by atoms with E-state index in [0.717, 1.165) is 0 Å². The van der Waals surface area contributed by atoms with Gasteiger partial charge in [-0.05, 0) is 24.3 Å². The molecule has 0 aliphatic carbocycles. The zero-order valence-corrected chi connectivity index (χ0v) is 9.41. The van der Waals surface area contributed by atoms with Gasteiger partial charge in [0.1, 0.15) is 11.6 Å². The average Bonchev–Trinajstić information content (AvgIpc) is 2.34. The number of nitrogens with one attached hydrogen (secondary N) is 1. The first-order valence-electron chi connectivity index (χ1n) is 5.16. The lowest BCUT2D eigenvalue weighted by Crippen LogP contribution is -2.00. The summed E-state index contributed by atoms with van der Waals surface area (Å²) in [5.41, 5.74) is 7.34. The summed E-state index contributed by atoms with van der Waals surface area (Å²) in [5.74, 6) is 0.237. The van der Waals surface area contributed by atoms with E-state index in [1.54, 1.807) is 43.5 Å². The predicted octanol–water partition coefficient (Wildman–Crippen LogP) is 3.16. The summed E-state index contributed by atoms with van der Waals surface area (Å²) in [4.78, 5) is 0. The van der Waals surface area contributed by atoms with Gasteiger partial charge >= 0.3 is 0 Å². The van der Waals surface area contributed by atoms with E-state index in [2.05, 4.69) is 5.32 Å². The molecule has 0 saturated carbocycles. The number of para-hydroxylation sites is 2. The van der Waals surface area contributed by atoms with Gasteiger partial charge in [0.2, 0.25) is 0 Å². The van der Waals surface area contributed by atoms with Crippen molar-refractivity contribution >= 4 is 17.1 Å². The first-order valence-corrected chi connectivity index (χ1v) is 5.16. The van der Waals surface area contributed by atoms with Gasteiger partial charge in [0.25, 0.3) is 0 Å². The van der Waals surface area contributed by atoms with Crippen molar-refractivity contribution in [2.24, 2.45) is 0 Å². The van der Waals surface area contributed by atoms with Crippen molar-refractivity contribution in [3.63, 3.8) is 0 Å². The van der Waals surface area contributed by atoms with E-state index in [0.29, 0.717) is 22.8 Å². The fraction of sp³-hybridized carbons (Fsp3) is 0.0769. The van der Waals surface area contributed by atoms with E-state index in [-0.39, 0.29) is 5.82 Å². The Morgan fingerprint density at radius 2 is 1.76 bits per heavy atom. The standard InChI is InChI=1S/C13H13FN2O/c1-17-12-8-4-7-11(13(12)15)16-10-6-3-2-5-9(10)14/h2-8,16H,15H2,1H3. The summed E-state index contributed by atoms with van der Waals surface area (Å²) in [5, 5.41) is 2.94. The molecule has 0 heterocycles. The zero-order valence-electron chi connectivity index (χ0n) is 9.41. The first-order chi connectivity index (χ1) is 8.22. The van der Waals surface area contributed by atoms with Crippen molar-refractivity contribution in [1.82, 2.24) is 0 Å². The molecule has 2 rings (SSSR count). The van der Waals surface area contributed by atoms with Crippen LogP contribution in [0.2, 0.25) is 0 Å². The molecule has 2 aromatic carbocycles. The highest BCUT2D eigenvalue weighted by atomic mass is 19.1. The molecule has 0 atom stereocenters. The molecule has 0 aromatic heterocycles.